The smallest absolute Gasteiger partial charge is 0.262 e. The highest BCUT2D eigenvalue weighted by Gasteiger charge is 2.42. The van der Waals surface area contributed by atoms with Crippen LogP contribution in [0.15, 0.2) is 23.7 Å². The third kappa shape index (κ3) is 2.54. The van der Waals surface area contributed by atoms with Gasteiger partial charge in [-0.25, -0.2) is 8.78 Å². The molecule has 0 aromatic rings. The van der Waals surface area contributed by atoms with Gasteiger partial charge >= 0.3 is 0 Å². The van der Waals surface area contributed by atoms with Crippen LogP contribution in [0.3, 0.4) is 0 Å². The molecule has 1 aliphatic carbocycles. The van der Waals surface area contributed by atoms with Crippen LogP contribution >= 0.6 is 0 Å². The Morgan fingerprint density at radius 2 is 2.13 bits per heavy atom. The van der Waals surface area contributed by atoms with Gasteiger partial charge in [-0.05, 0) is 19.9 Å². The van der Waals surface area contributed by atoms with E-state index in [2.05, 4.69) is 0 Å². The summed E-state index contributed by atoms with van der Waals surface area (Å²) in [6.45, 7) is 3.58. The Morgan fingerprint density at radius 1 is 1.47 bits per heavy atom. The van der Waals surface area contributed by atoms with Crippen LogP contribution in [0.1, 0.15) is 13.8 Å². The molecule has 0 aromatic heterocycles. The zero-order chi connectivity index (χ0) is 11.5. The minimum atomic E-state index is -2.30. The lowest BCUT2D eigenvalue weighted by Crippen LogP contribution is -2.42. The van der Waals surface area contributed by atoms with Gasteiger partial charge in [-0.15, -0.1) is 0 Å². The molecule has 1 rings (SSSR count). The average Bonchev–Trinajstić information content (AvgIpc) is 2.15. The maximum Gasteiger partial charge on any atom is 0.262 e. The summed E-state index contributed by atoms with van der Waals surface area (Å²) in [5, 5.41) is 9.07. The number of hydrogen-bond donors (Lipinski definition) is 1. The molecule has 0 aromatic carbocycles. The van der Waals surface area contributed by atoms with Crippen molar-refractivity contribution in [2.24, 2.45) is 0 Å². The van der Waals surface area contributed by atoms with Crippen molar-refractivity contribution < 1.29 is 23.4 Å². The van der Waals surface area contributed by atoms with Crippen LogP contribution in [-0.4, -0.2) is 30.3 Å². The van der Waals surface area contributed by atoms with Gasteiger partial charge in [0.25, 0.3) is 5.85 Å². The van der Waals surface area contributed by atoms with Gasteiger partial charge in [-0.2, -0.15) is 0 Å². The lowest BCUT2D eigenvalue weighted by Gasteiger charge is -2.31. The Labute approximate surface area is 87.0 Å². The fourth-order valence-electron chi connectivity index (χ4n) is 1.36. The van der Waals surface area contributed by atoms with Gasteiger partial charge in [0.05, 0.1) is 0 Å². The molecule has 0 heterocycles. The van der Waals surface area contributed by atoms with E-state index in [-0.39, 0.29) is 13.2 Å². The summed E-state index contributed by atoms with van der Waals surface area (Å²) in [6.07, 6.45) is 0.388. The fraction of sp³-hybridized carbons (Fsp3) is 0.600. The molecular formula is C10H14F2O3. The molecule has 86 valence electrons. The topological polar surface area (TPSA) is 38.7 Å². The summed E-state index contributed by atoms with van der Waals surface area (Å²) in [5.74, 6) is -3.96. The van der Waals surface area contributed by atoms with Crippen molar-refractivity contribution in [3.05, 3.63) is 23.7 Å². The molecule has 1 aliphatic rings. The van der Waals surface area contributed by atoms with Crippen molar-refractivity contribution in [2.45, 2.75) is 25.8 Å². The Morgan fingerprint density at radius 3 is 2.67 bits per heavy atom. The maximum atomic E-state index is 14.1. The molecule has 5 heteroatoms. The molecule has 0 aliphatic heterocycles. The van der Waals surface area contributed by atoms with Crippen LogP contribution in [0.4, 0.5) is 8.78 Å². The summed E-state index contributed by atoms with van der Waals surface area (Å²) in [7, 11) is 0. The lowest BCUT2D eigenvalue weighted by molar-refractivity contribution is -0.174. The zero-order valence-corrected chi connectivity index (χ0v) is 8.67. The Kier molecular flexibility index (Phi) is 3.82. The predicted molar refractivity (Wildman–Crippen MR) is 50.8 cm³/mol. The number of halogens is 2. The van der Waals surface area contributed by atoms with Gasteiger partial charge in [-0.3, -0.25) is 0 Å². The highest BCUT2D eigenvalue weighted by atomic mass is 19.2. The van der Waals surface area contributed by atoms with Crippen molar-refractivity contribution in [2.75, 3.05) is 13.2 Å². The second-order valence-corrected chi connectivity index (χ2v) is 3.05. The van der Waals surface area contributed by atoms with Crippen LogP contribution in [0.5, 0.6) is 0 Å². The zero-order valence-electron chi connectivity index (χ0n) is 8.67. The molecule has 0 spiro atoms. The Balaban J connectivity index is 2.92. The van der Waals surface area contributed by atoms with E-state index in [4.69, 9.17) is 14.6 Å². The molecule has 1 N–H and O–H groups in total. The first-order valence-electron chi connectivity index (χ1n) is 4.77. The number of rotatable bonds is 4. The first kappa shape index (κ1) is 12.1. The first-order chi connectivity index (χ1) is 7.03. The number of alkyl halides is 1. The van der Waals surface area contributed by atoms with E-state index in [0.717, 1.165) is 6.08 Å². The third-order valence-electron chi connectivity index (χ3n) is 1.98. The molecular weight excluding hydrogens is 206 g/mol. The summed E-state index contributed by atoms with van der Waals surface area (Å²) in [6, 6.07) is 0. The monoisotopic (exact) mass is 220 g/mol. The minimum absolute atomic E-state index is 0.0965. The Bertz CT molecular complexity index is 288. The van der Waals surface area contributed by atoms with Crippen molar-refractivity contribution in [1.82, 2.24) is 0 Å². The van der Waals surface area contributed by atoms with Gasteiger partial charge < -0.3 is 14.6 Å². The van der Waals surface area contributed by atoms with Gasteiger partial charge in [0.1, 0.15) is 6.10 Å². The van der Waals surface area contributed by atoms with E-state index in [0.29, 0.717) is 6.08 Å². The molecule has 0 amide bonds. The number of allylic oxidation sites excluding steroid dienone is 1. The molecule has 0 fully saturated rings. The first-order valence-corrected chi connectivity index (χ1v) is 4.77. The molecule has 0 saturated carbocycles. The lowest BCUT2D eigenvalue weighted by atomic mass is 10.0. The van der Waals surface area contributed by atoms with E-state index in [1.807, 2.05) is 0 Å². The van der Waals surface area contributed by atoms with Crippen LogP contribution in [0, 0.1) is 0 Å². The van der Waals surface area contributed by atoms with E-state index in [1.165, 1.54) is 0 Å². The van der Waals surface area contributed by atoms with Crippen molar-refractivity contribution >= 4 is 0 Å². The number of aliphatic hydroxyl groups is 1. The van der Waals surface area contributed by atoms with Crippen LogP contribution < -0.4 is 0 Å². The second-order valence-electron chi connectivity index (χ2n) is 3.05. The highest BCUT2D eigenvalue weighted by Crippen LogP contribution is 2.32. The fourth-order valence-corrected chi connectivity index (χ4v) is 1.36. The van der Waals surface area contributed by atoms with E-state index in [1.54, 1.807) is 13.8 Å². The third-order valence-corrected chi connectivity index (χ3v) is 1.98. The van der Waals surface area contributed by atoms with E-state index < -0.39 is 23.5 Å². The largest absolute Gasteiger partial charge is 0.505 e. The van der Waals surface area contributed by atoms with Crippen LogP contribution in [0.2, 0.25) is 0 Å². The predicted octanol–water partition coefficient (Wildman–Crippen LogP) is 2.40. The van der Waals surface area contributed by atoms with Gasteiger partial charge in [0.15, 0.2) is 11.6 Å². The molecule has 2 atom stereocenters. The summed E-state index contributed by atoms with van der Waals surface area (Å²) < 4.78 is 36.8. The maximum absolute atomic E-state index is 14.1. The highest BCUT2D eigenvalue weighted by molar-refractivity contribution is 5.29. The summed E-state index contributed by atoms with van der Waals surface area (Å²) in [5.41, 5.74) is 0. The quantitative estimate of drug-likeness (QED) is 0.790. The van der Waals surface area contributed by atoms with Gasteiger partial charge in [-0.1, -0.05) is 0 Å². The van der Waals surface area contributed by atoms with Crippen molar-refractivity contribution in [1.29, 1.82) is 0 Å². The van der Waals surface area contributed by atoms with Crippen LogP contribution in [-0.2, 0) is 9.47 Å². The van der Waals surface area contributed by atoms with Crippen LogP contribution in [0.25, 0.3) is 0 Å². The SMILES string of the molecule is CCOC1C=C(F)C(O)=CC1(F)OCC. The van der Waals surface area contributed by atoms with Gasteiger partial charge in [0, 0.05) is 19.3 Å². The second kappa shape index (κ2) is 4.72. The normalized spacial score (nSPS) is 31.1. The average molecular weight is 220 g/mol. The molecule has 0 radical (unpaired) electrons. The molecule has 0 saturated heterocycles. The molecule has 2 unspecified atom stereocenters. The Hall–Kier alpha value is -0.940. The molecule has 3 nitrogen and oxygen atoms in total. The van der Waals surface area contributed by atoms with Crippen molar-refractivity contribution in [3.8, 4) is 0 Å². The van der Waals surface area contributed by atoms with E-state index in [9.17, 15) is 8.78 Å². The minimum Gasteiger partial charge on any atom is -0.505 e. The summed E-state index contributed by atoms with van der Waals surface area (Å²) in [4.78, 5) is 0. The number of ether oxygens (including phenoxy) is 2. The van der Waals surface area contributed by atoms with Crippen molar-refractivity contribution in [3.63, 3.8) is 0 Å². The number of hydrogen-bond acceptors (Lipinski definition) is 3. The van der Waals surface area contributed by atoms with Gasteiger partial charge in [0.2, 0.25) is 0 Å². The standard InChI is InChI=1S/C10H14F2O3/c1-3-14-9-5-7(11)8(13)6-10(9,12)15-4-2/h5-6,9,13H,3-4H2,1-2H3. The number of aliphatic hydroxyl groups excluding tert-OH is 1. The molecule has 15 heavy (non-hydrogen) atoms. The molecule has 0 bridgehead atoms. The van der Waals surface area contributed by atoms with E-state index >= 15 is 0 Å². The summed E-state index contributed by atoms with van der Waals surface area (Å²) >= 11 is 0.